The Kier molecular flexibility index (Phi) is 5.84. The molecule has 1 aromatic rings. The fourth-order valence-corrected chi connectivity index (χ4v) is 4.70. The Morgan fingerprint density at radius 3 is 2.46 bits per heavy atom. The van der Waals surface area contributed by atoms with Crippen molar-refractivity contribution in [3.8, 4) is 5.75 Å². The van der Waals surface area contributed by atoms with E-state index in [1.165, 1.54) is 49.6 Å². The van der Waals surface area contributed by atoms with Gasteiger partial charge in [0.2, 0.25) is 10.0 Å². The maximum atomic E-state index is 12.9. The minimum atomic E-state index is -3.61. The summed E-state index contributed by atoms with van der Waals surface area (Å²) in [7, 11) is -0.943. The first-order valence-corrected chi connectivity index (χ1v) is 10.4. The van der Waals surface area contributed by atoms with Crippen LogP contribution in [0.25, 0.3) is 0 Å². The van der Waals surface area contributed by atoms with Crippen LogP contribution in [0.5, 0.6) is 5.75 Å². The second-order valence-corrected chi connectivity index (χ2v) is 8.82. The fourth-order valence-electron chi connectivity index (χ4n) is 3.22. The van der Waals surface area contributed by atoms with Crippen molar-refractivity contribution < 1.29 is 22.7 Å². The topological polar surface area (TPSA) is 84.9 Å². The van der Waals surface area contributed by atoms with Crippen molar-refractivity contribution >= 4 is 16.0 Å². The molecule has 2 fully saturated rings. The average Bonchev–Trinajstić information content (AvgIpc) is 3.50. The molecule has 1 aliphatic heterocycles. The van der Waals surface area contributed by atoms with Gasteiger partial charge in [-0.2, -0.15) is 4.31 Å². The lowest BCUT2D eigenvalue weighted by Crippen LogP contribution is -2.45. The van der Waals surface area contributed by atoms with E-state index in [1.807, 2.05) is 0 Å². The first-order chi connectivity index (χ1) is 12.5. The van der Waals surface area contributed by atoms with Crippen LogP contribution in [0.2, 0.25) is 0 Å². The van der Waals surface area contributed by atoms with E-state index in [2.05, 4.69) is 5.32 Å². The number of rotatable bonds is 7. The molecule has 0 radical (unpaired) electrons. The molecule has 0 aromatic heterocycles. The highest BCUT2D eigenvalue weighted by atomic mass is 32.2. The highest BCUT2D eigenvalue weighted by molar-refractivity contribution is 7.89. The standard InChI is InChI=1S/C18H26N2O5S/c1-24-17-11-15(5-6-16(17)18(21)25-2)26(22,23)20-9-7-14(8-10-20)19-12-13-3-4-13/h5-6,11,13-14,19H,3-4,7-10,12H2,1-2H3. The number of methoxy groups -OCH3 is 2. The Labute approximate surface area is 154 Å². The molecule has 8 heteroatoms. The molecule has 3 rings (SSSR count). The lowest BCUT2D eigenvalue weighted by molar-refractivity contribution is 0.0597. The maximum Gasteiger partial charge on any atom is 0.341 e. The van der Waals surface area contributed by atoms with Crippen LogP contribution in [0.15, 0.2) is 23.1 Å². The Morgan fingerprint density at radius 1 is 1.19 bits per heavy atom. The molecule has 0 bridgehead atoms. The SMILES string of the molecule is COC(=O)c1ccc(S(=O)(=O)N2CCC(NCC3CC3)CC2)cc1OC. The number of nitrogens with zero attached hydrogens (tertiary/aromatic N) is 1. The Balaban J connectivity index is 1.68. The van der Waals surface area contributed by atoms with Gasteiger partial charge in [-0.1, -0.05) is 0 Å². The molecule has 1 saturated carbocycles. The van der Waals surface area contributed by atoms with Gasteiger partial charge >= 0.3 is 5.97 Å². The van der Waals surface area contributed by atoms with Crippen LogP contribution in [-0.4, -0.2) is 58.6 Å². The zero-order chi connectivity index (χ0) is 18.7. The first kappa shape index (κ1) is 19.1. The third-order valence-electron chi connectivity index (χ3n) is 5.06. The van der Waals surface area contributed by atoms with Gasteiger partial charge in [0.15, 0.2) is 0 Å². The number of esters is 1. The maximum absolute atomic E-state index is 12.9. The fraction of sp³-hybridized carbons (Fsp3) is 0.611. The lowest BCUT2D eigenvalue weighted by Gasteiger charge is -2.31. The summed E-state index contributed by atoms with van der Waals surface area (Å²) in [5.74, 6) is 0.449. The molecule has 0 spiro atoms. The Hall–Kier alpha value is -1.64. The summed E-state index contributed by atoms with van der Waals surface area (Å²) in [5, 5.41) is 3.55. The van der Waals surface area contributed by atoms with Crippen molar-refractivity contribution in [2.45, 2.75) is 36.6 Å². The van der Waals surface area contributed by atoms with Gasteiger partial charge in [-0.3, -0.25) is 0 Å². The number of benzene rings is 1. The molecule has 2 aliphatic rings. The molecule has 0 unspecified atom stereocenters. The van der Waals surface area contributed by atoms with Crippen molar-refractivity contribution in [3.05, 3.63) is 23.8 Å². The third-order valence-corrected chi connectivity index (χ3v) is 6.96. The number of nitrogens with one attached hydrogen (secondary N) is 1. The van der Waals surface area contributed by atoms with E-state index in [0.717, 1.165) is 25.3 Å². The smallest absolute Gasteiger partial charge is 0.341 e. The Bertz CT molecular complexity index is 753. The van der Waals surface area contributed by atoms with Gasteiger partial charge in [-0.15, -0.1) is 0 Å². The van der Waals surface area contributed by atoms with Crippen LogP contribution < -0.4 is 10.1 Å². The zero-order valence-electron chi connectivity index (χ0n) is 15.2. The van der Waals surface area contributed by atoms with Gasteiger partial charge in [-0.05, 0) is 50.3 Å². The highest BCUT2D eigenvalue weighted by Crippen LogP contribution is 2.29. The molecular formula is C18H26N2O5S. The Morgan fingerprint density at radius 2 is 1.88 bits per heavy atom. The molecule has 1 aliphatic carbocycles. The van der Waals surface area contributed by atoms with Gasteiger partial charge in [-0.25, -0.2) is 13.2 Å². The lowest BCUT2D eigenvalue weighted by atomic mass is 10.1. The predicted molar refractivity (Wildman–Crippen MR) is 96.8 cm³/mol. The van der Waals surface area contributed by atoms with Crippen LogP contribution >= 0.6 is 0 Å². The van der Waals surface area contributed by atoms with Crippen molar-refractivity contribution in [2.75, 3.05) is 33.9 Å². The van der Waals surface area contributed by atoms with Crippen LogP contribution in [0.4, 0.5) is 0 Å². The van der Waals surface area contributed by atoms with Gasteiger partial charge in [0.05, 0.1) is 19.1 Å². The van der Waals surface area contributed by atoms with E-state index in [1.54, 1.807) is 0 Å². The van der Waals surface area contributed by atoms with E-state index in [0.29, 0.717) is 19.1 Å². The van der Waals surface area contributed by atoms with Crippen molar-refractivity contribution in [2.24, 2.45) is 5.92 Å². The van der Waals surface area contributed by atoms with E-state index in [9.17, 15) is 13.2 Å². The highest BCUT2D eigenvalue weighted by Gasteiger charge is 2.31. The summed E-state index contributed by atoms with van der Waals surface area (Å²) in [5.41, 5.74) is 0.205. The van der Waals surface area contributed by atoms with Gasteiger partial charge in [0.1, 0.15) is 11.3 Å². The molecule has 1 N–H and O–H groups in total. The molecule has 26 heavy (non-hydrogen) atoms. The largest absolute Gasteiger partial charge is 0.496 e. The van der Waals surface area contributed by atoms with Gasteiger partial charge in [0.25, 0.3) is 0 Å². The number of carbonyl (C=O) groups is 1. The van der Waals surface area contributed by atoms with Crippen LogP contribution in [0.1, 0.15) is 36.0 Å². The second kappa shape index (κ2) is 7.94. The quantitative estimate of drug-likeness (QED) is 0.722. The molecule has 0 amide bonds. The summed E-state index contributed by atoms with van der Waals surface area (Å²) in [6.07, 6.45) is 4.24. The molecule has 1 saturated heterocycles. The number of sulfonamides is 1. The molecule has 1 aromatic carbocycles. The summed E-state index contributed by atoms with van der Waals surface area (Å²) in [6.45, 7) is 2.03. The van der Waals surface area contributed by atoms with E-state index in [-0.39, 0.29) is 16.2 Å². The number of piperidine rings is 1. The monoisotopic (exact) mass is 382 g/mol. The molecule has 0 atom stereocenters. The number of carbonyl (C=O) groups excluding carboxylic acids is 1. The van der Waals surface area contributed by atoms with Crippen LogP contribution in [0, 0.1) is 5.92 Å². The molecule has 144 valence electrons. The first-order valence-electron chi connectivity index (χ1n) is 8.95. The van der Waals surface area contributed by atoms with E-state index < -0.39 is 16.0 Å². The minimum absolute atomic E-state index is 0.131. The van der Waals surface area contributed by atoms with Crippen LogP contribution in [0.3, 0.4) is 0 Å². The second-order valence-electron chi connectivity index (χ2n) is 6.88. The van der Waals surface area contributed by atoms with E-state index in [4.69, 9.17) is 9.47 Å². The summed E-state index contributed by atoms with van der Waals surface area (Å²) < 4.78 is 37.2. The van der Waals surface area contributed by atoms with Gasteiger partial charge < -0.3 is 14.8 Å². The van der Waals surface area contributed by atoms with Crippen molar-refractivity contribution in [3.63, 3.8) is 0 Å². The third kappa shape index (κ3) is 4.19. The van der Waals surface area contributed by atoms with Crippen LogP contribution in [-0.2, 0) is 14.8 Å². The predicted octanol–water partition coefficient (Wildman–Crippen LogP) is 1.63. The summed E-state index contributed by atoms with van der Waals surface area (Å²) in [4.78, 5) is 11.9. The average molecular weight is 382 g/mol. The summed E-state index contributed by atoms with van der Waals surface area (Å²) in [6, 6.07) is 4.64. The van der Waals surface area contributed by atoms with Crippen molar-refractivity contribution in [1.29, 1.82) is 0 Å². The van der Waals surface area contributed by atoms with Crippen molar-refractivity contribution in [1.82, 2.24) is 9.62 Å². The number of hydrogen-bond donors (Lipinski definition) is 1. The minimum Gasteiger partial charge on any atom is -0.496 e. The summed E-state index contributed by atoms with van der Waals surface area (Å²) >= 11 is 0. The molecule has 1 heterocycles. The number of ether oxygens (including phenoxy) is 2. The van der Waals surface area contributed by atoms with E-state index >= 15 is 0 Å². The normalized spacial score (nSPS) is 19.3. The zero-order valence-corrected chi connectivity index (χ0v) is 16.0. The van der Waals surface area contributed by atoms with Gasteiger partial charge in [0, 0.05) is 25.2 Å². The number of hydrogen-bond acceptors (Lipinski definition) is 6. The molecule has 7 nitrogen and oxygen atoms in total. The molecular weight excluding hydrogens is 356 g/mol.